The number of nitrogens with two attached hydrogens (primary N) is 1. The molecule has 0 bridgehead atoms. The number of ketones is 2. The predicted octanol–water partition coefficient (Wildman–Crippen LogP) is 1.15. The Labute approximate surface area is 131 Å². The number of fused-ring (bicyclic) bond motifs is 1. The zero-order chi connectivity index (χ0) is 22.0. The smallest absolute Gasteiger partial charge is 0.264 e. The molecule has 21 heavy (non-hydrogen) atoms. The molecule has 1 aliphatic carbocycles. The number of rotatable bonds is 1. The molecule has 1 fully saturated rings. The summed E-state index contributed by atoms with van der Waals surface area (Å²) in [5.74, 6) is -2.72. The Morgan fingerprint density at radius 1 is 1.48 bits per heavy atom. The average Bonchev–Trinajstić information content (AvgIpc) is 2.60. The van der Waals surface area contributed by atoms with Crippen LogP contribution in [0.3, 0.4) is 0 Å². The Morgan fingerprint density at radius 2 is 2.29 bits per heavy atom. The Morgan fingerprint density at radius 3 is 3.05 bits per heavy atom. The Hall–Kier alpha value is -2.50. The summed E-state index contributed by atoms with van der Waals surface area (Å²) in [6.07, 6.45) is -4.05. The number of benzene rings is 1. The fourth-order valence-corrected chi connectivity index (χ4v) is 2.27. The van der Waals surface area contributed by atoms with Gasteiger partial charge >= 0.3 is 0 Å². The lowest BCUT2D eigenvalue weighted by molar-refractivity contribution is -0.132. The quantitative estimate of drug-likeness (QED) is 0.628. The van der Waals surface area contributed by atoms with E-state index in [1.54, 1.807) is 0 Å². The molecule has 3 rings (SSSR count). The van der Waals surface area contributed by atoms with E-state index in [9.17, 15) is 14.4 Å². The first-order valence-electron chi connectivity index (χ1n) is 10.1. The molecule has 0 amide bonds. The number of nitrogen functional groups attached to an aromatic ring is 1. The van der Waals surface area contributed by atoms with Crippen LogP contribution in [0.5, 0.6) is 0 Å². The van der Waals surface area contributed by atoms with E-state index in [-0.39, 0.29) is 0 Å². The van der Waals surface area contributed by atoms with E-state index in [0.29, 0.717) is 4.57 Å². The maximum Gasteiger partial charge on any atom is 0.264 e. The summed E-state index contributed by atoms with van der Waals surface area (Å²) in [4.78, 5) is 41.2. The molecule has 1 heterocycles. The second-order valence-electron chi connectivity index (χ2n) is 4.59. The first-order chi connectivity index (χ1) is 13.2. The van der Waals surface area contributed by atoms with Crippen LogP contribution in [0.25, 0.3) is 10.9 Å². The summed E-state index contributed by atoms with van der Waals surface area (Å²) in [6, 6.07) is -3.57. The molecule has 108 valence electrons. The van der Waals surface area contributed by atoms with Gasteiger partial charge in [-0.1, -0.05) is 6.04 Å². The number of aryl methyl sites for hydroxylation is 1. The molecular formula is C15H15N3O3. The fourth-order valence-electron chi connectivity index (χ4n) is 2.27. The molecule has 0 radical (unpaired) electrons. The molecule has 0 spiro atoms. The lowest BCUT2D eigenvalue weighted by atomic mass is 9.92. The summed E-state index contributed by atoms with van der Waals surface area (Å²) in [5, 5.41) is -0.505. The highest BCUT2D eigenvalue weighted by molar-refractivity contribution is 6.03. The van der Waals surface area contributed by atoms with Crippen molar-refractivity contribution in [3.05, 3.63) is 34.3 Å². The molecular weight excluding hydrogens is 270 g/mol. The van der Waals surface area contributed by atoms with Crippen LogP contribution in [-0.2, 0) is 9.59 Å². The predicted molar refractivity (Wildman–Crippen MR) is 78.1 cm³/mol. The van der Waals surface area contributed by atoms with E-state index in [4.69, 9.17) is 16.7 Å². The molecule has 1 aliphatic rings. The van der Waals surface area contributed by atoms with Gasteiger partial charge in [0.05, 0.1) is 27.5 Å². The fraction of sp³-hybridized carbons (Fsp3) is 0.333. The summed E-state index contributed by atoms with van der Waals surface area (Å²) < 4.78 is 62.6. The third kappa shape index (κ3) is 2.12. The standard InChI is InChI=1S/C15H15N3O3/c1-8-17-11-4-2-3-10(16)14(11)15(21)18(8)12-6-5-9(19)7-13(12)20/h2-4,12H,5-7,16H2,1H3/i1D3,2D,3D,4D,5D2. The van der Waals surface area contributed by atoms with E-state index < -0.39 is 89.8 Å². The monoisotopic (exact) mass is 293 g/mol. The SMILES string of the molecule is [2H]c1c([2H])c(N)c2c(=O)n(C3CC([2H])([2H])C(=O)CC3=O)c(C([2H])([2H])[2H])nc2c1[2H]. The van der Waals surface area contributed by atoms with Crippen LogP contribution < -0.4 is 11.3 Å². The van der Waals surface area contributed by atoms with Crippen molar-refractivity contribution in [2.45, 2.75) is 32.1 Å². The molecule has 1 saturated carbocycles. The Kier molecular flexibility index (Phi) is 1.59. The van der Waals surface area contributed by atoms with Crippen molar-refractivity contribution in [2.24, 2.45) is 0 Å². The van der Waals surface area contributed by atoms with Gasteiger partial charge in [-0.25, -0.2) is 4.98 Å². The van der Waals surface area contributed by atoms with E-state index in [1.807, 2.05) is 0 Å². The van der Waals surface area contributed by atoms with Crippen LogP contribution in [0.2, 0.25) is 0 Å². The van der Waals surface area contributed by atoms with E-state index >= 15 is 0 Å². The molecule has 2 N–H and O–H groups in total. The van der Waals surface area contributed by atoms with Crippen molar-refractivity contribution in [1.82, 2.24) is 9.55 Å². The zero-order valence-electron chi connectivity index (χ0n) is 18.7. The lowest BCUT2D eigenvalue weighted by Crippen LogP contribution is -2.36. The maximum absolute atomic E-state index is 13.2. The van der Waals surface area contributed by atoms with Crippen LogP contribution in [0.4, 0.5) is 5.69 Å². The summed E-state index contributed by atoms with van der Waals surface area (Å²) in [6.45, 7) is -3.04. The molecule has 1 aromatic carbocycles. The molecule has 1 atom stereocenters. The van der Waals surface area contributed by atoms with Crippen LogP contribution in [0.15, 0.2) is 22.9 Å². The van der Waals surface area contributed by atoms with Crippen molar-refractivity contribution >= 4 is 28.2 Å². The second-order valence-corrected chi connectivity index (χ2v) is 4.59. The Bertz CT molecular complexity index is 1140. The molecule has 2 aromatic rings. The highest BCUT2D eigenvalue weighted by Gasteiger charge is 2.30. The highest BCUT2D eigenvalue weighted by atomic mass is 16.2. The van der Waals surface area contributed by atoms with Crippen LogP contribution in [0.1, 0.15) is 42.0 Å². The number of aromatic nitrogens is 2. The van der Waals surface area contributed by atoms with Crippen molar-refractivity contribution in [3.8, 4) is 0 Å². The summed E-state index contributed by atoms with van der Waals surface area (Å²) in [7, 11) is 0. The number of carbonyl (C=O) groups excluding carboxylic acids is 2. The third-order valence-electron chi connectivity index (χ3n) is 3.27. The molecule has 1 aromatic heterocycles. The molecule has 6 nitrogen and oxygen atoms in total. The first-order valence-corrected chi connectivity index (χ1v) is 6.06. The van der Waals surface area contributed by atoms with Gasteiger partial charge in [-0.15, -0.1) is 0 Å². The first kappa shape index (κ1) is 6.98. The van der Waals surface area contributed by atoms with Crippen LogP contribution in [-0.4, -0.2) is 21.1 Å². The van der Waals surface area contributed by atoms with Gasteiger partial charge in [-0.05, 0) is 25.4 Å². The van der Waals surface area contributed by atoms with Crippen molar-refractivity contribution in [1.29, 1.82) is 0 Å². The third-order valence-corrected chi connectivity index (χ3v) is 3.27. The minimum absolute atomic E-state index is 0.487. The van der Waals surface area contributed by atoms with Gasteiger partial charge in [0, 0.05) is 18.9 Å². The van der Waals surface area contributed by atoms with Gasteiger partial charge in [0.2, 0.25) is 0 Å². The van der Waals surface area contributed by atoms with Gasteiger partial charge in [0.1, 0.15) is 11.6 Å². The average molecular weight is 293 g/mol. The maximum atomic E-state index is 13.2. The van der Waals surface area contributed by atoms with Crippen LogP contribution >= 0.6 is 0 Å². The van der Waals surface area contributed by atoms with Crippen molar-refractivity contribution in [2.75, 3.05) is 5.73 Å². The van der Waals surface area contributed by atoms with Gasteiger partial charge < -0.3 is 5.73 Å². The largest absolute Gasteiger partial charge is 0.398 e. The van der Waals surface area contributed by atoms with E-state index in [0.717, 1.165) is 0 Å². The molecule has 6 heteroatoms. The van der Waals surface area contributed by atoms with E-state index in [1.165, 1.54) is 0 Å². The lowest BCUT2D eigenvalue weighted by Gasteiger charge is -2.24. The topological polar surface area (TPSA) is 95.0 Å². The number of anilines is 1. The number of Topliss-reactive ketones (excluding diaryl/α,β-unsaturated/α-hetero) is 2. The number of hydrogen-bond donors (Lipinski definition) is 1. The highest BCUT2D eigenvalue weighted by Crippen LogP contribution is 2.24. The normalized spacial score (nSPS) is 27.7. The van der Waals surface area contributed by atoms with E-state index in [2.05, 4.69) is 4.98 Å². The van der Waals surface area contributed by atoms with Crippen molar-refractivity contribution in [3.63, 3.8) is 0 Å². The summed E-state index contributed by atoms with van der Waals surface area (Å²) >= 11 is 0. The molecule has 1 unspecified atom stereocenters. The Balaban J connectivity index is 2.46. The van der Waals surface area contributed by atoms with Gasteiger partial charge in [-0.2, -0.15) is 0 Å². The minimum atomic E-state index is -3.04. The number of nitrogens with zero attached hydrogens (tertiary/aromatic N) is 2. The summed E-state index contributed by atoms with van der Waals surface area (Å²) in [5.41, 5.74) is 3.60. The van der Waals surface area contributed by atoms with Crippen LogP contribution in [0, 0.1) is 6.85 Å². The van der Waals surface area contributed by atoms with Gasteiger partial charge in [-0.3, -0.25) is 19.0 Å². The zero-order valence-corrected chi connectivity index (χ0v) is 10.7. The molecule has 0 saturated heterocycles. The van der Waals surface area contributed by atoms with Crippen molar-refractivity contribution < 1.29 is 20.6 Å². The minimum Gasteiger partial charge on any atom is -0.398 e. The second kappa shape index (κ2) is 4.80. The molecule has 0 aliphatic heterocycles. The van der Waals surface area contributed by atoms with Gasteiger partial charge in [0.25, 0.3) is 5.56 Å². The van der Waals surface area contributed by atoms with Gasteiger partial charge in [0.15, 0.2) is 5.78 Å². The number of hydrogen-bond acceptors (Lipinski definition) is 5. The number of carbonyl (C=O) groups is 2.